The Bertz CT molecular complexity index is 1330. The minimum atomic E-state index is 1.10. The summed E-state index contributed by atoms with van der Waals surface area (Å²) in [5.41, 5.74) is 14.0. The summed E-state index contributed by atoms with van der Waals surface area (Å²) in [6.07, 6.45) is 16.4. The number of aryl methyl sites for hydroxylation is 2. The lowest BCUT2D eigenvalue weighted by Gasteiger charge is -2.38. The van der Waals surface area contributed by atoms with Gasteiger partial charge in [0.05, 0.1) is 5.57 Å². The van der Waals surface area contributed by atoms with Crippen molar-refractivity contribution in [1.82, 2.24) is 0 Å². The number of rotatable bonds is 1. The number of fused-ring (bicyclic) bond motifs is 2. The Morgan fingerprint density at radius 3 is 2.49 bits per heavy atom. The average Bonchev–Trinajstić information content (AvgIpc) is 2.89. The van der Waals surface area contributed by atoms with Crippen LogP contribution in [0, 0.1) is 6.92 Å². The van der Waals surface area contributed by atoms with Gasteiger partial charge in [0.1, 0.15) is 25.1 Å². The van der Waals surface area contributed by atoms with Crippen LogP contribution in [0.4, 0.5) is 5.69 Å². The van der Waals surface area contributed by atoms with Crippen LogP contribution in [0.5, 0.6) is 5.75 Å². The number of allylic oxidation sites excluding steroid dienone is 4. The van der Waals surface area contributed by atoms with Crippen molar-refractivity contribution in [2.75, 3.05) is 31.1 Å². The zero-order valence-corrected chi connectivity index (χ0v) is 20.9. The first kappa shape index (κ1) is 21.2. The van der Waals surface area contributed by atoms with Gasteiger partial charge in [-0.05, 0) is 73.8 Å². The third-order valence-corrected chi connectivity index (χ3v) is 8.64. The smallest absolute Gasteiger partial charge is 0.209 e. The van der Waals surface area contributed by atoms with E-state index in [1.807, 2.05) is 0 Å². The Morgan fingerprint density at radius 2 is 1.63 bits per heavy atom. The predicted molar refractivity (Wildman–Crippen MR) is 144 cm³/mol. The van der Waals surface area contributed by atoms with Gasteiger partial charge in [0.2, 0.25) is 5.71 Å². The van der Waals surface area contributed by atoms with Crippen molar-refractivity contribution < 1.29 is 9.31 Å². The molecule has 0 saturated carbocycles. The van der Waals surface area contributed by atoms with E-state index in [9.17, 15) is 0 Å². The second-order valence-electron chi connectivity index (χ2n) is 10.8. The molecule has 5 aliphatic heterocycles. The molecule has 0 atom stereocenters. The van der Waals surface area contributed by atoms with Gasteiger partial charge in [-0.2, -0.15) is 0 Å². The monoisotopic (exact) mass is 463 g/mol. The Hall–Kier alpha value is -3.07. The van der Waals surface area contributed by atoms with Gasteiger partial charge < -0.3 is 9.64 Å². The predicted octanol–water partition coefficient (Wildman–Crippen LogP) is 6.37. The quantitative estimate of drug-likeness (QED) is 0.457. The number of anilines is 1. The second-order valence-corrected chi connectivity index (χ2v) is 10.8. The summed E-state index contributed by atoms with van der Waals surface area (Å²) >= 11 is 0. The van der Waals surface area contributed by atoms with Crippen LogP contribution in [-0.4, -0.2) is 36.5 Å². The standard InChI is InChI=1S/C32H35N2O/c1-22-8-2-3-12-26(22)27-15-14-23-9-4-16-33-17-6-11-25(30(23)33)21-35-32-28-13-7-19-34-18-5-10-24(31(28)34)20-29(27)32/h2-3,8,12,14-15,20-21H,4-7,9-11,13,16-19H2,1H3/q+1/b25-21-. The molecular weight excluding hydrogens is 428 g/mol. The molecule has 0 N–H and O–H groups in total. The van der Waals surface area contributed by atoms with E-state index in [1.54, 1.807) is 0 Å². The van der Waals surface area contributed by atoms with E-state index in [4.69, 9.17) is 4.74 Å². The first-order valence-corrected chi connectivity index (χ1v) is 13.7. The van der Waals surface area contributed by atoms with Gasteiger partial charge >= 0.3 is 0 Å². The normalized spacial score (nSPS) is 25.5. The lowest BCUT2D eigenvalue weighted by molar-refractivity contribution is -0.533. The Kier molecular flexibility index (Phi) is 5.19. The highest BCUT2D eigenvalue weighted by Gasteiger charge is 2.33. The van der Waals surface area contributed by atoms with Crippen molar-refractivity contribution in [3.05, 3.63) is 87.7 Å². The summed E-state index contributed by atoms with van der Waals surface area (Å²) < 4.78 is 9.46. The van der Waals surface area contributed by atoms with Crippen molar-refractivity contribution in [2.24, 2.45) is 0 Å². The Morgan fingerprint density at radius 1 is 0.829 bits per heavy atom. The molecule has 0 radical (unpaired) electrons. The van der Waals surface area contributed by atoms with Gasteiger partial charge in [-0.15, -0.1) is 0 Å². The molecule has 2 aromatic carbocycles. The van der Waals surface area contributed by atoms with Crippen LogP contribution < -0.4 is 9.64 Å². The SMILES string of the molecule is Cc1ccccc1/C1=C/C=C2/CCC[N+]3=C2/C(=C\Oc2c1cc1c4c2CCCN4CCC1)CCC3. The van der Waals surface area contributed by atoms with E-state index < -0.39 is 0 Å². The van der Waals surface area contributed by atoms with Crippen LogP contribution in [0.25, 0.3) is 5.57 Å². The molecule has 0 spiro atoms. The van der Waals surface area contributed by atoms with Gasteiger partial charge in [0.25, 0.3) is 0 Å². The number of hydrogen-bond acceptors (Lipinski definition) is 2. The molecule has 0 amide bonds. The molecule has 0 aliphatic carbocycles. The highest BCUT2D eigenvalue weighted by atomic mass is 16.5. The fraction of sp³-hybridized carbons (Fsp3) is 0.406. The molecule has 3 nitrogen and oxygen atoms in total. The molecule has 0 aromatic heterocycles. The van der Waals surface area contributed by atoms with E-state index in [1.165, 1.54) is 114 Å². The van der Waals surface area contributed by atoms with Crippen LogP contribution in [0.15, 0.2) is 59.9 Å². The van der Waals surface area contributed by atoms with Crippen LogP contribution >= 0.6 is 0 Å². The largest absolute Gasteiger partial charge is 0.463 e. The van der Waals surface area contributed by atoms with Crippen molar-refractivity contribution >= 4 is 17.0 Å². The van der Waals surface area contributed by atoms with Crippen LogP contribution in [0.3, 0.4) is 0 Å². The molecule has 35 heavy (non-hydrogen) atoms. The molecule has 5 heterocycles. The highest BCUT2D eigenvalue weighted by Crippen LogP contribution is 2.46. The van der Waals surface area contributed by atoms with Gasteiger partial charge in [-0.1, -0.05) is 36.4 Å². The summed E-state index contributed by atoms with van der Waals surface area (Å²) in [5.74, 6) is 1.10. The van der Waals surface area contributed by atoms with E-state index in [-0.39, 0.29) is 0 Å². The molecule has 7 rings (SSSR count). The maximum atomic E-state index is 6.86. The number of benzene rings is 2. The fourth-order valence-corrected chi connectivity index (χ4v) is 7.06. The third-order valence-electron chi connectivity index (χ3n) is 8.64. The third kappa shape index (κ3) is 3.51. The molecule has 0 fully saturated rings. The Balaban J connectivity index is 1.53. The number of ether oxygens (including phenoxy) is 1. The van der Waals surface area contributed by atoms with Crippen molar-refractivity contribution in [3.63, 3.8) is 0 Å². The van der Waals surface area contributed by atoms with E-state index in [0.717, 1.165) is 25.0 Å². The summed E-state index contributed by atoms with van der Waals surface area (Å²) in [5, 5.41) is 0. The van der Waals surface area contributed by atoms with E-state index >= 15 is 0 Å². The van der Waals surface area contributed by atoms with Crippen LogP contribution in [0.2, 0.25) is 0 Å². The van der Waals surface area contributed by atoms with Gasteiger partial charge in [0, 0.05) is 48.3 Å². The van der Waals surface area contributed by atoms with Crippen LogP contribution in [0.1, 0.15) is 66.3 Å². The van der Waals surface area contributed by atoms with E-state index in [0.29, 0.717) is 0 Å². The van der Waals surface area contributed by atoms with Crippen molar-refractivity contribution in [2.45, 2.75) is 58.3 Å². The molecule has 178 valence electrons. The summed E-state index contributed by atoms with van der Waals surface area (Å²) in [6, 6.07) is 11.3. The topological polar surface area (TPSA) is 15.5 Å². The maximum Gasteiger partial charge on any atom is 0.209 e. The molecule has 3 heteroatoms. The average molecular weight is 464 g/mol. The van der Waals surface area contributed by atoms with E-state index in [2.05, 4.69) is 65.1 Å². The molecule has 0 saturated heterocycles. The molecule has 0 bridgehead atoms. The Labute approximate surface area is 209 Å². The first-order chi connectivity index (χ1) is 17.3. The van der Waals surface area contributed by atoms with Crippen LogP contribution in [-0.2, 0) is 12.8 Å². The maximum absolute atomic E-state index is 6.86. The zero-order chi connectivity index (χ0) is 23.4. The summed E-state index contributed by atoms with van der Waals surface area (Å²) in [7, 11) is 0. The molecule has 2 aromatic rings. The van der Waals surface area contributed by atoms with Gasteiger partial charge in [-0.25, -0.2) is 4.58 Å². The first-order valence-electron chi connectivity index (χ1n) is 13.7. The fourth-order valence-electron chi connectivity index (χ4n) is 7.06. The van der Waals surface area contributed by atoms with Crippen molar-refractivity contribution in [3.8, 4) is 5.75 Å². The highest BCUT2D eigenvalue weighted by molar-refractivity contribution is 6.10. The van der Waals surface area contributed by atoms with Gasteiger partial charge in [0.15, 0.2) is 0 Å². The summed E-state index contributed by atoms with van der Waals surface area (Å²) in [4.78, 5) is 2.63. The summed E-state index contributed by atoms with van der Waals surface area (Å²) in [6.45, 7) is 6.94. The zero-order valence-electron chi connectivity index (χ0n) is 20.9. The molecule has 0 unspecified atom stereocenters. The lowest BCUT2D eigenvalue weighted by atomic mass is 9.84. The minimum absolute atomic E-state index is 1.10. The number of nitrogens with zero attached hydrogens (tertiary/aromatic N) is 2. The second kappa shape index (κ2) is 8.55. The lowest BCUT2D eigenvalue weighted by Crippen LogP contribution is -2.35. The van der Waals surface area contributed by atoms with Crippen molar-refractivity contribution in [1.29, 1.82) is 0 Å². The van der Waals surface area contributed by atoms with Gasteiger partial charge in [-0.3, -0.25) is 0 Å². The number of hydrogen-bond donors (Lipinski definition) is 0. The molecular formula is C32H35N2O+. The minimum Gasteiger partial charge on any atom is -0.463 e. The molecule has 5 aliphatic rings.